The lowest BCUT2D eigenvalue weighted by atomic mass is 10.0. The van der Waals surface area contributed by atoms with Crippen LogP contribution in [0.3, 0.4) is 0 Å². The molecule has 0 unspecified atom stereocenters. The summed E-state index contributed by atoms with van der Waals surface area (Å²) in [6.45, 7) is 2.01. The molecule has 0 aliphatic rings. The van der Waals surface area contributed by atoms with E-state index in [0.29, 0.717) is 16.8 Å². The van der Waals surface area contributed by atoms with Gasteiger partial charge in [0.25, 0.3) is 5.56 Å². The third-order valence-electron chi connectivity index (χ3n) is 5.27. The summed E-state index contributed by atoms with van der Waals surface area (Å²) in [6.07, 6.45) is 2.61. The summed E-state index contributed by atoms with van der Waals surface area (Å²) in [7, 11) is 0. The Morgan fingerprint density at radius 1 is 1.06 bits per heavy atom. The third kappa shape index (κ3) is 4.73. The van der Waals surface area contributed by atoms with Crippen molar-refractivity contribution in [3.05, 3.63) is 93.0 Å². The van der Waals surface area contributed by atoms with Gasteiger partial charge in [-0.2, -0.15) is 10.4 Å². The molecule has 2 aromatic carbocycles. The van der Waals surface area contributed by atoms with Gasteiger partial charge in [-0.15, -0.1) is 0 Å². The lowest BCUT2D eigenvalue weighted by Crippen LogP contribution is -2.38. The van der Waals surface area contributed by atoms with Crippen molar-refractivity contribution in [1.29, 1.82) is 5.26 Å². The van der Waals surface area contributed by atoms with Gasteiger partial charge in [0.05, 0.1) is 33.1 Å². The molecule has 0 saturated carbocycles. The van der Waals surface area contributed by atoms with Crippen LogP contribution in [0.5, 0.6) is 0 Å². The second-order valence-corrected chi connectivity index (χ2v) is 8.25. The number of carbonyl (C=O) groups excluding carboxylic acids is 1. The van der Waals surface area contributed by atoms with E-state index in [0.717, 1.165) is 16.0 Å². The summed E-state index contributed by atoms with van der Waals surface area (Å²) >= 11 is 12.5. The van der Waals surface area contributed by atoms with Gasteiger partial charge in [0.15, 0.2) is 0 Å². The second kappa shape index (κ2) is 9.97. The van der Waals surface area contributed by atoms with Crippen LogP contribution in [0.1, 0.15) is 12.5 Å². The molecule has 174 valence electrons. The zero-order valence-electron chi connectivity index (χ0n) is 18.4. The number of halogens is 2. The second-order valence-electron chi connectivity index (χ2n) is 7.43. The maximum atomic E-state index is 13.2. The highest BCUT2D eigenvalue weighted by molar-refractivity contribution is 6.40. The molecule has 0 bridgehead atoms. The molecule has 4 rings (SSSR count). The molecular weight excluding hydrogens is 487 g/mol. The number of rotatable bonds is 5. The Hall–Kier alpha value is -4.19. The molecular formula is C25H18Cl2N6O2. The molecule has 35 heavy (non-hydrogen) atoms. The van der Waals surface area contributed by atoms with Crippen molar-refractivity contribution in [3.8, 4) is 28.5 Å². The molecule has 2 N–H and O–H groups in total. The molecule has 0 radical (unpaired) electrons. The fourth-order valence-electron chi connectivity index (χ4n) is 3.61. The van der Waals surface area contributed by atoms with Crippen molar-refractivity contribution in [2.24, 2.45) is 5.73 Å². The van der Waals surface area contributed by atoms with Crippen molar-refractivity contribution >= 4 is 40.6 Å². The van der Waals surface area contributed by atoms with Gasteiger partial charge in [0, 0.05) is 24.5 Å². The maximum absolute atomic E-state index is 13.2. The third-order valence-corrected chi connectivity index (χ3v) is 5.83. The van der Waals surface area contributed by atoms with E-state index in [1.165, 1.54) is 23.1 Å². The molecule has 2 aromatic heterocycles. The molecule has 2 heterocycles. The Labute approximate surface area is 210 Å². The van der Waals surface area contributed by atoms with Gasteiger partial charge in [0.1, 0.15) is 5.69 Å². The summed E-state index contributed by atoms with van der Waals surface area (Å²) in [6, 6.07) is 17.3. The van der Waals surface area contributed by atoms with E-state index in [2.05, 4.69) is 16.2 Å². The number of carbonyl (C=O) groups is 1. The molecule has 0 spiro atoms. The van der Waals surface area contributed by atoms with E-state index in [9.17, 15) is 9.59 Å². The Kier molecular flexibility index (Phi) is 6.82. The number of hydrogen-bond donors (Lipinski definition) is 1. The van der Waals surface area contributed by atoms with E-state index >= 15 is 0 Å². The van der Waals surface area contributed by atoms with Crippen LogP contribution < -0.4 is 16.2 Å². The van der Waals surface area contributed by atoms with Crippen molar-refractivity contribution in [2.75, 3.05) is 4.90 Å². The molecule has 0 saturated heterocycles. The number of amides is 2. The Balaban J connectivity index is 1.89. The van der Waals surface area contributed by atoms with E-state index in [1.807, 2.05) is 36.4 Å². The van der Waals surface area contributed by atoms with Crippen molar-refractivity contribution in [2.45, 2.75) is 13.5 Å². The van der Waals surface area contributed by atoms with Gasteiger partial charge in [-0.05, 0) is 42.3 Å². The van der Waals surface area contributed by atoms with Crippen LogP contribution in [0.15, 0.2) is 71.8 Å². The fraction of sp³-hybridized carbons (Fsp3) is 0.0800. The molecule has 0 aliphatic heterocycles. The molecule has 2 amide bonds. The van der Waals surface area contributed by atoms with E-state index in [-0.39, 0.29) is 28.0 Å². The van der Waals surface area contributed by atoms with Gasteiger partial charge < -0.3 is 5.73 Å². The predicted octanol–water partition coefficient (Wildman–Crippen LogP) is 5.39. The smallest absolute Gasteiger partial charge is 0.324 e. The first-order chi connectivity index (χ1) is 16.8. The Morgan fingerprint density at radius 3 is 2.31 bits per heavy atom. The minimum absolute atomic E-state index is 0.0527. The number of aromatic nitrogens is 3. The van der Waals surface area contributed by atoms with E-state index in [4.69, 9.17) is 34.2 Å². The highest BCUT2D eigenvalue weighted by atomic mass is 35.5. The van der Waals surface area contributed by atoms with Crippen molar-refractivity contribution in [3.63, 3.8) is 0 Å². The average Bonchev–Trinajstić information content (AvgIpc) is 2.87. The van der Waals surface area contributed by atoms with E-state index < -0.39 is 11.6 Å². The minimum atomic E-state index is -0.941. The zero-order valence-corrected chi connectivity index (χ0v) is 20.0. The molecule has 0 fully saturated rings. The van der Waals surface area contributed by atoms with Crippen molar-refractivity contribution in [1.82, 2.24) is 14.8 Å². The van der Waals surface area contributed by atoms with Gasteiger partial charge in [0.2, 0.25) is 0 Å². The SMILES string of the molecule is CCn1nc(-c2cccc(-c3ccc(C#N)cc3)c2)cc(N(C(N)=O)c2c(Cl)cncc2Cl)c1=O. The lowest BCUT2D eigenvalue weighted by molar-refractivity contribution is 0.256. The van der Waals surface area contributed by atoms with Crippen LogP contribution in [-0.2, 0) is 6.54 Å². The van der Waals surface area contributed by atoms with E-state index in [1.54, 1.807) is 19.1 Å². The number of nitrogens with zero attached hydrogens (tertiary/aromatic N) is 5. The lowest BCUT2D eigenvalue weighted by Gasteiger charge is -2.23. The van der Waals surface area contributed by atoms with Crippen molar-refractivity contribution < 1.29 is 4.79 Å². The summed E-state index contributed by atoms with van der Waals surface area (Å²) in [4.78, 5) is 30.6. The first kappa shape index (κ1) is 24.0. The van der Waals surface area contributed by atoms with Crippen LogP contribution in [0.4, 0.5) is 16.2 Å². The van der Waals surface area contributed by atoms with Crippen LogP contribution in [-0.4, -0.2) is 20.8 Å². The molecule has 0 aliphatic carbocycles. The van der Waals surface area contributed by atoms with Crippen LogP contribution in [0.2, 0.25) is 10.0 Å². The van der Waals surface area contributed by atoms with Crippen LogP contribution in [0.25, 0.3) is 22.4 Å². The molecule has 0 atom stereocenters. The number of aryl methyl sites for hydroxylation is 1. The number of primary amides is 1. The fourth-order valence-corrected chi connectivity index (χ4v) is 4.14. The standard InChI is InChI=1S/C25H18Cl2N6O2/c1-2-32-24(34)22(33(25(29)35)23-19(26)13-30-14-20(23)27)11-21(31-32)18-5-3-4-17(10-18)16-8-6-15(12-28)7-9-16/h3-11,13-14H,2H2,1H3,(H2,29,35). The largest absolute Gasteiger partial charge is 0.351 e. The van der Waals surface area contributed by atoms with Gasteiger partial charge in [-0.3, -0.25) is 14.7 Å². The minimum Gasteiger partial charge on any atom is -0.351 e. The Morgan fingerprint density at radius 2 is 1.71 bits per heavy atom. The number of hydrogen-bond acceptors (Lipinski definition) is 5. The molecule has 8 nitrogen and oxygen atoms in total. The molecule has 10 heteroatoms. The zero-order chi connectivity index (χ0) is 25.1. The summed E-state index contributed by atoms with van der Waals surface area (Å²) in [5.74, 6) is 0. The quantitative estimate of drug-likeness (QED) is 0.390. The molecule has 4 aromatic rings. The number of nitriles is 1. The van der Waals surface area contributed by atoms with Gasteiger partial charge in [-0.25, -0.2) is 9.48 Å². The predicted molar refractivity (Wildman–Crippen MR) is 136 cm³/mol. The van der Waals surface area contributed by atoms with Crippen LogP contribution >= 0.6 is 23.2 Å². The van der Waals surface area contributed by atoms with Gasteiger partial charge in [-0.1, -0.05) is 53.5 Å². The number of urea groups is 1. The first-order valence-electron chi connectivity index (χ1n) is 10.5. The highest BCUT2D eigenvalue weighted by Gasteiger charge is 2.26. The Bertz CT molecular complexity index is 1510. The highest BCUT2D eigenvalue weighted by Crippen LogP contribution is 2.37. The maximum Gasteiger partial charge on any atom is 0.324 e. The number of anilines is 2. The number of pyridine rings is 1. The summed E-state index contributed by atoms with van der Waals surface area (Å²) in [5.41, 5.74) is 8.62. The van der Waals surface area contributed by atoms with Crippen LogP contribution in [0, 0.1) is 11.3 Å². The topological polar surface area (TPSA) is 118 Å². The number of benzene rings is 2. The van der Waals surface area contributed by atoms with Gasteiger partial charge >= 0.3 is 6.03 Å². The first-order valence-corrected chi connectivity index (χ1v) is 11.2. The average molecular weight is 505 g/mol. The summed E-state index contributed by atoms with van der Waals surface area (Å²) in [5, 5.41) is 13.6. The normalized spacial score (nSPS) is 10.6. The number of nitrogens with two attached hydrogens (primary N) is 1. The monoisotopic (exact) mass is 504 g/mol. The summed E-state index contributed by atoms with van der Waals surface area (Å²) < 4.78 is 1.23.